The standard InChI is InChI=1S/C25H32N8O/c1-3-32-17(2)27-22-9-8-21(29-24(22)32)20-10-11-33-23(20)16-26-25(30-33)28-18-4-6-19(7-5-18)31-12-14-34-15-13-31/h8-11,16,18-19H,3-7,12-15H2,1-2H3,(H,28,30)/t18-,19-. The molecule has 0 atom stereocenters. The highest BCUT2D eigenvalue weighted by atomic mass is 16.5. The molecule has 0 spiro atoms. The van der Waals surface area contributed by atoms with Crippen molar-refractivity contribution in [2.45, 2.75) is 58.2 Å². The molecule has 0 radical (unpaired) electrons. The van der Waals surface area contributed by atoms with E-state index in [1.54, 1.807) is 0 Å². The van der Waals surface area contributed by atoms with Gasteiger partial charge in [0.25, 0.3) is 0 Å². The van der Waals surface area contributed by atoms with Crippen LogP contribution in [0, 0.1) is 6.92 Å². The molecular weight excluding hydrogens is 428 g/mol. The lowest BCUT2D eigenvalue weighted by Gasteiger charge is -2.38. The number of nitrogens with one attached hydrogen (secondary N) is 1. The van der Waals surface area contributed by atoms with Crippen molar-refractivity contribution in [3.05, 3.63) is 36.4 Å². The Bertz CT molecular complexity index is 1300. The molecule has 178 valence electrons. The Morgan fingerprint density at radius 2 is 1.88 bits per heavy atom. The minimum Gasteiger partial charge on any atom is -0.379 e. The molecule has 2 fully saturated rings. The molecule has 5 heterocycles. The third kappa shape index (κ3) is 3.92. The van der Waals surface area contributed by atoms with E-state index in [0.29, 0.717) is 18.0 Å². The van der Waals surface area contributed by atoms with Crippen LogP contribution in [0.1, 0.15) is 38.4 Å². The summed E-state index contributed by atoms with van der Waals surface area (Å²) in [7, 11) is 0. The van der Waals surface area contributed by atoms with Gasteiger partial charge in [-0.2, -0.15) is 0 Å². The summed E-state index contributed by atoms with van der Waals surface area (Å²) >= 11 is 0. The molecule has 9 nitrogen and oxygen atoms in total. The van der Waals surface area contributed by atoms with Gasteiger partial charge in [-0.05, 0) is 57.7 Å². The van der Waals surface area contributed by atoms with Crippen LogP contribution in [0.4, 0.5) is 5.95 Å². The van der Waals surface area contributed by atoms with Crippen LogP contribution in [-0.4, -0.2) is 72.4 Å². The average Bonchev–Trinajstić information content (AvgIpc) is 3.44. The summed E-state index contributed by atoms with van der Waals surface area (Å²) in [5, 5.41) is 8.32. The van der Waals surface area contributed by atoms with Gasteiger partial charge in [0.1, 0.15) is 11.3 Å². The summed E-state index contributed by atoms with van der Waals surface area (Å²) in [6.45, 7) is 8.87. The number of hydrogen-bond acceptors (Lipinski definition) is 7. The second kappa shape index (κ2) is 8.96. The second-order valence-electron chi connectivity index (χ2n) is 9.38. The number of aryl methyl sites for hydroxylation is 2. The number of pyridine rings is 1. The maximum Gasteiger partial charge on any atom is 0.241 e. The molecule has 1 N–H and O–H groups in total. The molecule has 2 aliphatic rings. The second-order valence-corrected chi connectivity index (χ2v) is 9.38. The van der Waals surface area contributed by atoms with Crippen LogP contribution in [0.5, 0.6) is 0 Å². The van der Waals surface area contributed by atoms with Gasteiger partial charge in [-0.1, -0.05) is 0 Å². The monoisotopic (exact) mass is 460 g/mol. The number of ether oxygens (including phenoxy) is 1. The predicted molar refractivity (Wildman–Crippen MR) is 132 cm³/mol. The van der Waals surface area contributed by atoms with E-state index in [1.807, 2.05) is 36.0 Å². The van der Waals surface area contributed by atoms with Gasteiger partial charge < -0.3 is 14.6 Å². The molecule has 1 saturated carbocycles. The Kier molecular flexibility index (Phi) is 5.66. The zero-order valence-corrected chi connectivity index (χ0v) is 19.9. The molecule has 4 aromatic rings. The predicted octanol–water partition coefficient (Wildman–Crippen LogP) is 3.52. The summed E-state index contributed by atoms with van der Waals surface area (Å²) < 4.78 is 9.55. The van der Waals surface area contributed by atoms with Crippen molar-refractivity contribution in [1.29, 1.82) is 0 Å². The van der Waals surface area contributed by atoms with E-state index in [4.69, 9.17) is 14.8 Å². The highest BCUT2D eigenvalue weighted by molar-refractivity contribution is 5.82. The molecule has 9 heteroatoms. The van der Waals surface area contributed by atoms with Gasteiger partial charge in [-0.25, -0.2) is 19.5 Å². The molecular formula is C25H32N8O. The van der Waals surface area contributed by atoms with Gasteiger partial charge in [0, 0.05) is 43.5 Å². The summed E-state index contributed by atoms with van der Waals surface area (Å²) in [6, 6.07) is 7.25. The topological polar surface area (TPSA) is 85.4 Å². The van der Waals surface area contributed by atoms with Crippen molar-refractivity contribution in [3.63, 3.8) is 0 Å². The summed E-state index contributed by atoms with van der Waals surface area (Å²) in [5.41, 5.74) is 4.74. The first-order valence-electron chi connectivity index (χ1n) is 12.5. The third-order valence-corrected chi connectivity index (χ3v) is 7.38. The Morgan fingerprint density at radius 3 is 2.68 bits per heavy atom. The molecule has 1 aliphatic heterocycles. The average molecular weight is 461 g/mol. The molecule has 0 unspecified atom stereocenters. The summed E-state index contributed by atoms with van der Waals surface area (Å²) in [4.78, 5) is 16.8. The van der Waals surface area contributed by atoms with Crippen LogP contribution >= 0.6 is 0 Å². The first kappa shape index (κ1) is 21.5. The van der Waals surface area contributed by atoms with E-state index >= 15 is 0 Å². The van der Waals surface area contributed by atoms with Crippen LogP contribution in [0.25, 0.3) is 27.9 Å². The number of morpholine rings is 1. The van der Waals surface area contributed by atoms with Gasteiger partial charge in [0.05, 0.1) is 30.6 Å². The number of fused-ring (bicyclic) bond motifs is 2. The lowest BCUT2D eigenvalue weighted by Crippen LogP contribution is -2.46. The Balaban J connectivity index is 1.17. The van der Waals surface area contributed by atoms with Crippen LogP contribution < -0.4 is 5.32 Å². The van der Waals surface area contributed by atoms with E-state index < -0.39 is 0 Å². The van der Waals surface area contributed by atoms with E-state index in [0.717, 1.165) is 79.5 Å². The number of aromatic nitrogens is 6. The molecule has 0 bridgehead atoms. The molecule has 6 rings (SSSR count). The fraction of sp³-hybridized carbons (Fsp3) is 0.520. The lowest BCUT2D eigenvalue weighted by atomic mass is 9.90. The van der Waals surface area contributed by atoms with Crippen molar-refractivity contribution in [1.82, 2.24) is 34.0 Å². The number of imidazole rings is 1. The molecule has 1 aliphatic carbocycles. The quantitative estimate of drug-likeness (QED) is 0.488. The molecule has 0 aromatic carbocycles. The fourth-order valence-corrected chi connectivity index (χ4v) is 5.54. The van der Waals surface area contributed by atoms with E-state index in [-0.39, 0.29) is 0 Å². The zero-order valence-electron chi connectivity index (χ0n) is 19.9. The number of hydrogen-bond donors (Lipinski definition) is 1. The van der Waals surface area contributed by atoms with Gasteiger partial charge in [0.2, 0.25) is 5.95 Å². The van der Waals surface area contributed by atoms with Crippen molar-refractivity contribution >= 4 is 22.6 Å². The third-order valence-electron chi connectivity index (χ3n) is 7.38. The van der Waals surface area contributed by atoms with Crippen molar-refractivity contribution < 1.29 is 4.74 Å². The first-order valence-corrected chi connectivity index (χ1v) is 12.5. The molecule has 34 heavy (non-hydrogen) atoms. The SMILES string of the molecule is CCn1c(C)nc2ccc(-c3ccn4nc(N[C@H]5CC[C@H](N6CCOCC6)CC5)ncc34)nc21. The Labute approximate surface area is 199 Å². The first-order chi connectivity index (χ1) is 16.7. The fourth-order valence-electron chi connectivity index (χ4n) is 5.54. The number of anilines is 1. The van der Waals surface area contributed by atoms with Crippen molar-refractivity contribution in [2.75, 3.05) is 31.6 Å². The number of nitrogens with zero attached hydrogens (tertiary/aromatic N) is 7. The highest BCUT2D eigenvalue weighted by Gasteiger charge is 2.27. The summed E-state index contributed by atoms with van der Waals surface area (Å²) in [6.07, 6.45) is 8.62. The largest absolute Gasteiger partial charge is 0.379 e. The lowest BCUT2D eigenvalue weighted by molar-refractivity contribution is 0.00790. The van der Waals surface area contributed by atoms with Gasteiger partial charge in [-0.3, -0.25) is 4.90 Å². The molecule has 4 aromatic heterocycles. The van der Waals surface area contributed by atoms with Crippen molar-refractivity contribution in [3.8, 4) is 11.3 Å². The smallest absolute Gasteiger partial charge is 0.241 e. The molecule has 1 saturated heterocycles. The highest BCUT2D eigenvalue weighted by Crippen LogP contribution is 2.28. The van der Waals surface area contributed by atoms with E-state index in [9.17, 15) is 0 Å². The van der Waals surface area contributed by atoms with Gasteiger partial charge in [-0.15, -0.1) is 5.10 Å². The van der Waals surface area contributed by atoms with Gasteiger partial charge in [0.15, 0.2) is 5.65 Å². The van der Waals surface area contributed by atoms with Crippen LogP contribution in [0.3, 0.4) is 0 Å². The Hall–Kier alpha value is -3.04. The summed E-state index contributed by atoms with van der Waals surface area (Å²) in [5.74, 6) is 1.68. The van der Waals surface area contributed by atoms with Crippen LogP contribution in [0.15, 0.2) is 30.6 Å². The van der Waals surface area contributed by atoms with Crippen LogP contribution in [0.2, 0.25) is 0 Å². The normalized spacial score (nSPS) is 21.9. The maximum absolute atomic E-state index is 5.51. The van der Waals surface area contributed by atoms with E-state index in [1.165, 1.54) is 12.8 Å². The van der Waals surface area contributed by atoms with Crippen molar-refractivity contribution in [2.24, 2.45) is 0 Å². The minimum absolute atomic E-state index is 0.423. The number of rotatable bonds is 5. The molecule has 0 amide bonds. The van der Waals surface area contributed by atoms with Gasteiger partial charge >= 0.3 is 0 Å². The van der Waals surface area contributed by atoms with Crippen LogP contribution in [-0.2, 0) is 11.3 Å². The maximum atomic E-state index is 5.51. The zero-order chi connectivity index (χ0) is 23.1. The Morgan fingerprint density at radius 1 is 1.06 bits per heavy atom. The van der Waals surface area contributed by atoms with E-state index in [2.05, 4.69) is 37.7 Å². The minimum atomic E-state index is 0.423.